The number of halogens is 1. The van der Waals surface area contributed by atoms with Gasteiger partial charge in [0.1, 0.15) is 34.7 Å². The van der Waals surface area contributed by atoms with E-state index >= 15 is 0 Å². The normalized spacial score (nSPS) is 11.2. The Balaban J connectivity index is 1.53. The molecule has 0 unspecified atom stereocenters. The Morgan fingerprint density at radius 3 is 2.26 bits per heavy atom. The molecule has 0 aliphatic rings. The second-order valence-electron chi connectivity index (χ2n) is 6.52. The van der Waals surface area contributed by atoms with Crippen molar-refractivity contribution in [3.05, 3.63) is 90.3 Å². The monoisotopic (exact) mass is 412 g/mol. The van der Waals surface area contributed by atoms with Gasteiger partial charge in [0.05, 0.1) is 24.3 Å². The first-order valence-corrected chi connectivity index (χ1v) is 9.27. The van der Waals surface area contributed by atoms with Gasteiger partial charge in [0.2, 0.25) is 5.88 Å². The average molecular weight is 412 g/mol. The van der Waals surface area contributed by atoms with Gasteiger partial charge in [0.15, 0.2) is 11.5 Å². The van der Waals surface area contributed by atoms with Crippen LogP contribution in [0.25, 0.3) is 34.2 Å². The van der Waals surface area contributed by atoms with Crippen LogP contribution < -0.4 is 0 Å². The number of nitriles is 1. The minimum Gasteiger partial charge on any atom is -0.464 e. The minimum atomic E-state index is -0.321. The van der Waals surface area contributed by atoms with Gasteiger partial charge in [-0.2, -0.15) is 5.26 Å². The molecule has 31 heavy (non-hydrogen) atoms. The molecule has 0 spiro atoms. The molecule has 4 heterocycles. The molecule has 0 N–H and O–H groups in total. The average Bonchev–Trinajstić information content (AvgIpc) is 3.59. The smallest absolute Gasteiger partial charge is 0.238 e. The predicted octanol–water partition coefficient (Wildman–Crippen LogP) is 6.82. The number of aliphatic imine (C=N–C) groups is 1. The molecule has 0 fully saturated rings. The second-order valence-corrected chi connectivity index (χ2v) is 6.52. The van der Waals surface area contributed by atoms with Crippen molar-refractivity contribution in [2.75, 3.05) is 0 Å². The summed E-state index contributed by atoms with van der Waals surface area (Å²) in [5.74, 6) is 2.03. The molecule has 150 valence electrons. The van der Waals surface area contributed by atoms with Gasteiger partial charge in [-0.1, -0.05) is 0 Å². The Kier molecular flexibility index (Phi) is 4.58. The van der Waals surface area contributed by atoms with Gasteiger partial charge in [0, 0.05) is 5.56 Å². The lowest BCUT2D eigenvalue weighted by molar-refractivity contribution is 0.527. The highest BCUT2D eigenvalue weighted by Crippen LogP contribution is 2.42. The van der Waals surface area contributed by atoms with E-state index in [1.54, 1.807) is 48.5 Å². The van der Waals surface area contributed by atoms with Crippen LogP contribution >= 0.6 is 0 Å². The van der Waals surface area contributed by atoms with Gasteiger partial charge in [-0.05, 0) is 60.7 Å². The first kappa shape index (κ1) is 18.5. The van der Waals surface area contributed by atoms with Crippen molar-refractivity contribution in [3.63, 3.8) is 0 Å². The highest BCUT2D eigenvalue weighted by molar-refractivity contribution is 5.86. The van der Waals surface area contributed by atoms with E-state index in [0.29, 0.717) is 34.4 Å². The number of furan rings is 4. The van der Waals surface area contributed by atoms with E-state index in [4.69, 9.17) is 17.7 Å². The molecular weight excluding hydrogens is 399 g/mol. The second kappa shape index (κ2) is 7.69. The molecular formula is C24H13FN2O4. The summed E-state index contributed by atoms with van der Waals surface area (Å²) in [6.07, 6.45) is 4.47. The van der Waals surface area contributed by atoms with Gasteiger partial charge >= 0.3 is 0 Å². The van der Waals surface area contributed by atoms with E-state index in [2.05, 4.69) is 11.1 Å². The van der Waals surface area contributed by atoms with E-state index in [1.807, 2.05) is 0 Å². The van der Waals surface area contributed by atoms with E-state index in [1.165, 1.54) is 30.9 Å². The molecule has 0 aliphatic carbocycles. The first-order chi connectivity index (χ1) is 15.2. The Morgan fingerprint density at radius 2 is 1.58 bits per heavy atom. The first-order valence-electron chi connectivity index (χ1n) is 9.27. The topological polar surface area (TPSA) is 88.7 Å². The Labute approximate surface area is 175 Å². The lowest BCUT2D eigenvalue weighted by Crippen LogP contribution is -1.80. The van der Waals surface area contributed by atoms with Crippen molar-refractivity contribution in [3.8, 4) is 40.2 Å². The van der Waals surface area contributed by atoms with E-state index in [0.717, 1.165) is 5.56 Å². The van der Waals surface area contributed by atoms with Crippen LogP contribution in [-0.2, 0) is 0 Å². The molecule has 5 aromatic rings. The summed E-state index contributed by atoms with van der Waals surface area (Å²) < 4.78 is 35.7. The summed E-state index contributed by atoms with van der Waals surface area (Å²) in [6.45, 7) is 0. The number of rotatable bonds is 5. The maximum absolute atomic E-state index is 13.1. The predicted molar refractivity (Wildman–Crippen MR) is 110 cm³/mol. The summed E-state index contributed by atoms with van der Waals surface area (Å²) in [6, 6.07) is 18.5. The molecule has 7 heteroatoms. The summed E-state index contributed by atoms with van der Waals surface area (Å²) in [5.41, 5.74) is 1.40. The Bertz CT molecular complexity index is 1380. The van der Waals surface area contributed by atoms with Crippen LogP contribution in [0.15, 0.2) is 95.9 Å². The van der Waals surface area contributed by atoms with Crippen molar-refractivity contribution >= 4 is 12.1 Å². The van der Waals surface area contributed by atoms with Crippen LogP contribution in [0.3, 0.4) is 0 Å². The standard InChI is InChI=1S/C24H13FN2O4/c25-16-7-5-15(6-8-16)19-10-9-17(30-19)14-27-24-18(13-26)22(20-3-1-11-28-20)23(31-24)21-4-2-12-29-21/h1-12,14H. The highest BCUT2D eigenvalue weighted by Gasteiger charge is 2.26. The molecule has 1 aromatic carbocycles. The SMILES string of the molecule is N#Cc1c(N=Cc2ccc(-c3ccc(F)cc3)o2)oc(-c2ccco2)c1-c1ccco1. The molecule has 0 radical (unpaired) electrons. The van der Waals surface area contributed by atoms with Crippen LogP contribution in [0.4, 0.5) is 10.3 Å². The molecule has 5 rings (SSSR count). The number of nitrogens with zero attached hydrogens (tertiary/aromatic N) is 2. The third-order valence-corrected chi connectivity index (χ3v) is 4.58. The molecule has 4 aromatic heterocycles. The fraction of sp³-hybridized carbons (Fsp3) is 0. The third kappa shape index (κ3) is 3.47. The Morgan fingerprint density at radius 1 is 0.839 bits per heavy atom. The zero-order valence-electron chi connectivity index (χ0n) is 15.9. The quantitative estimate of drug-likeness (QED) is 0.295. The van der Waals surface area contributed by atoms with Gasteiger partial charge < -0.3 is 17.7 Å². The number of hydrogen-bond donors (Lipinski definition) is 0. The van der Waals surface area contributed by atoms with Crippen LogP contribution in [-0.4, -0.2) is 6.21 Å². The largest absolute Gasteiger partial charge is 0.464 e. The van der Waals surface area contributed by atoms with Crippen molar-refractivity contribution in [2.24, 2.45) is 4.99 Å². The van der Waals surface area contributed by atoms with Gasteiger partial charge in [0.25, 0.3) is 0 Å². The number of benzene rings is 1. The maximum Gasteiger partial charge on any atom is 0.238 e. The highest BCUT2D eigenvalue weighted by atomic mass is 19.1. The van der Waals surface area contributed by atoms with Crippen molar-refractivity contribution in [1.82, 2.24) is 0 Å². The van der Waals surface area contributed by atoms with Crippen molar-refractivity contribution < 1.29 is 22.1 Å². The summed E-state index contributed by atoms with van der Waals surface area (Å²) in [4.78, 5) is 4.32. The molecule has 0 saturated carbocycles. The van der Waals surface area contributed by atoms with Gasteiger partial charge in [-0.25, -0.2) is 9.38 Å². The fourth-order valence-corrected chi connectivity index (χ4v) is 3.16. The van der Waals surface area contributed by atoms with Crippen LogP contribution in [0.5, 0.6) is 0 Å². The summed E-state index contributed by atoms with van der Waals surface area (Å²) in [5, 5.41) is 9.77. The number of hydrogen-bond acceptors (Lipinski definition) is 6. The van der Waals surface area contributed by atoms with Crippen LogP contribution in [0, 0.1) is 17.1 Å². The van der Waals surface area contributed by atoms with Crippen LogP contribution in [0.1, 0.15) is 11.3 Å². The van der Waals surface area contributed by atoms with E-state index in [9.17, 15) is 9.65 Å². The molecule has 0 bridgehead atoms. The molecule has 0 saturated heterocycles. The van der Waals surface area contributed by atoms with Gasteiger partial charge in [-0.3, -0.25) is 0 Å². The zero-order chi connectivity index (χ0) is 21.2. The maximum atomic E-state index is 13.1. The van der Waals surface area contributed by atoms with E-state index in [-0.39, 0.29) is 17.3 Å². The Hall–Kier alpha value is -4.57. The van der Waals surface area contributed by atoms with Crippen LogP contribution in [0.2, 0.25) is 0 Å². The zero-order valence-corrected chi connectivity index (χ0v) is 15.9. The third-order valence-electron chi connectivity index (χ3n) is 4.58. The summed E-state index contributed by atoms with van der Waals surface area (Å²) in [7, 11) is 0. The molecule has 6 nitrogen and oxygen atoms in total. The fourth-order valence-electron chi connectivity index (χ4n) is 3.16. The van der Waals surface area contributed by atoms with Crippen molar-refractivity contribution in [1.29, 1.82) is 5.26 Å². The summed E-state index contributed by atoms with van der Waals surface area (Å²) >= 11 is 0. The minimum absolute atomic E-state index is 0.0973. The lowest BCUT2D eigenvalue weighted by atomic mass is 10.1. The molecule has 0 amide bonds. The van der Waals surface area contributed by atoms with Crippen molar-refractivity contribution in [2.45, 2.75) is 0 Å². The molecule has 0 atom stereocenters. The molecule has 0 aliphatic heterocycles. The van der Waals surface area contributed by atoms with E-state index < -0.39 is 0 Å². The van der Waals surface area contributed by atoms with Gasteiger partial charge in [-0.15, -0.1) is 0 Å². The lowest BCUT2D eigenvalue weighted by Gasteiger charge is -1.96.